The van der Waals surface area contributed by atoms with Crippen molar-refractivity contribution in [2.45, 2.75) is 26.4 Å². The van der Waals surface area contributed by atoms with Gasteiger partial charge in [0.05, 0.1) is 18.7 Å². The molecule has 0 aromatic carbocycles. The number of hydrogen-bond donors (Lipinski definition) is 1. The minimum atomic E-state index is -0.0739. The van der Waals surface area contributed by atoms with E-state index in [1.807, 2.05) is 19.9 Å². The van der Waals surface area contributed by atoms with Crippen LogP contribution in [-0.4, -0.2) is 33.0 Å². The molecule has 0 atom stereocenters. The van der Waals surface area contributed by atoms with Crippen LogP contribution in [0.4, 0.5) is 0 Å². The van der Waals surface area contributed by atoms with Crippen LogP contribution in [0.2, 0.25) is 0 Å². The Balaban J connectivity index is 2.55. The summed E-state index contributed by atoms with van der Waals surface area (Å²) in [6.07, 6.45) is 1.78. The molecular weight excluding hydrogens is 276 g/mol. The molecule has 2 aromatic rings. The number of aromatic amines is 1. The first-order valence-electron chi connectivity index (χ1n) is 6.42. The molecular formula is C13H18N4O2S. The second kappa shape index (κ2) is 6.15. The zero-order valence-corrected chi connectivity index (χ0v) is 12.6. The van der Waals surface area contributed by atoms with Crippen LogP contribution < -0.4 is 5.56 Å². The van der Waals surface area contributed by atoms with Crippen molar-refractivity contribution in [1.29, 1.82) is 0 Å². The van der Waals surface area contributed by atoms with Gasteiger partial charge in [-0.1, -0.05) is 0 Å². The van der Waals surface area contributed by atoms with Gasteiger partial charge in [-0.15, -0.1) is 0 Å². The summed E-state index contributed by atoms with van der Waals surface area (Å²) in [5.74, 6) is 0.548. The number of rotatable bonds is 5. The van der Waals surface area contributed by atoms with Crippen molar-refractivity contribution in [3.63, 3.8) is 0 Å². The molecule has 1 N–H and O–H groups in total. The van der Waals surface area contributed by atoms with Crippen molar-refractivity contribution < 1.29 is 4.74 Å². The largest absolute Gasteiger partial charge is 0.383 e. The van der Waals surface area contributed by atoms with Crippen LogP contribution in [0.25, 0.3) is 11.4 Å². The van der Waals surface area contributed by atoms with Crippen molar-refractivity contribution in [3.05, 3.63) is 33.5 Å². The first-order chi connectivity index (χ1) is 9.56. The van der Waals surface area contributed by atoms with Gasteiger partial charge in [-0.05, 0) is 38.2 Å². The third-order valence-corrected chi connectivity index (χ3v) is 3.36. The van der Waals surface area contributed by atoms with Crippen LogP contribution in [0.3, 0.4) is 0 Å². The lowest BCUT2D eigenvalue weighted by molar-refractivity contribution is 0.187. The Hall–Kier alpha value is -1.73. The Morgan fingerprint density at radius 3 is 2.90 bits per heavy atom. The normalized spacial score (nSPS) is 11.2. The molecule has 0 unspecified atom stereocenters. The maximum atomic E-state index is 12.5. The van der Waals surface area contributed by atoms with E-state index in [1.165, 1.54) is 0 Å². The van der Waals surface area contributed by atoms with Gasteiger partial charge in [0.15, 0.2) is 10.6 Å². The quantitative estimate of drug-likeness (QED) is 0.857. The maximum Gasteiger partial charge on any atom is 0.261 e. The number of nitrogens with zero attached hydrogens (tertiary/aromatic N) is 3. The third-order valence-electron chi connectivity index (χ3n) is 3.05. The SMILES string of the molecule is COCCn1c(-c2cccn(C(C)C)c2=O)n[nH]c1=S. The van der Waals surface area contributed by atoms with Gasteiger partial charge >= 0.3 is 0 Å². The Morgan fingerprint density at radius 1 is 1.50 bits per heavy atom. The average Bonchev–Trinajstić information content (AvgIpc) is 2.77. The Morgan fingerprint density at radius 2 is 2.25 bits per heavy atom. The van der Waals surface area contributed by atoms with Crippen LogP contribution in [0.15, 0.2) is 23.1 Å². The van der Waals surface area contributed by atoms with Crippen LogP contribution >= 0.6 is 12.2 Å². The van der Waals surface area contributed by atoms with E-state index in [0.29, 0.717) is 29.3 Å². The fourth-order valence-corrected chi connectivity index (χ4v) is 2.22. The first-order valence-corrected chi connectivity index (χ1v) is 6.82. The highest BCUT2D eigenvalue weighted by Crippen LogP contribution is 2.14. The summed E-state index contributed by atoms with van der Waals surface area (Å²) >= 11 is 5.19. The minimum absolute atomic E-state index is 0.0739. The summed E-state index contributed by atoms with van der Waals surface area (Å²) in [4.78, 5) is 12.5. The molecule has 0 bridgehead atoms. The molecule has 2 heterocycles. The van der Waals surface area contributed by atoms with Crippen LogP contribution in [-0.2, 0) is 11.3 Å². The van der Waals surface area contributed by atoms with Gasteiger partial charge in [-0.2, -0.15) is 5.10 Å². The smallest absolute Gasteiger partial charge is 0.261 e. The standard InChI is InChI=1S/C13H18N4O2S/c1-9(2)16-6-4-5-10(12(16)18)11-14-15-13(20)17(11)7-8-19-3/h4-6,9H,7-8H2,1-3H3,(H,15,20). The average molecular weight is 294 g/mol. The lowest BCUT2D eigenvalue weighted by Gasteiger charge is -2.11. The number of aromatic nitrogens is 4. The highest BCUT2D eigenvalue weighted by molar-refractivity contribution is 7.71. The first kappa shape index (κ1) is 14.7. The van der Waals surface area contributed by atoms with Gasteiger partial charge in [0.25, 0.3) is 5.56 Å². The Kier molecular flexibility index (Phi) is 4.51. The van der Waals surface area contributed by atoms with Crippen LogP contribution in [0.1, 0.15) is 19.9 Å². The zero-order valence-electron chi connectivity index (χ0n) is 11.8. The zero-order chi connectivity index (χ0) is 14.7. The number of pyridine rings is 1. The van der Waals surface area contributed by atoms with Crippen LogP contribution in [0, 0.1) is 4.77 Å². The van der Waals surface area contributed by atoms with E-state index >= 15 is 0 Å². The molecule has 0 aliphatic carbocycles. The lowest BCUT2D eigenvalue weighted by atomic mass is 10.2. The fourth-order valence-electron chi connectivity index (χ4n) is 2.00. The maximum absolute atomic E-state index is 12.5. The molecule has 6 nitrogen and oxygen atoms in total. The fraction of sp³-hybridized carbons (Fsp3) is 0.462. The van der Waals surface area contributed by atoms with Crippen molar-refractivity contribution >= 4 is 12.2 Å². The molecule has 20 heavy (non-hydrogen) atoms. The van der Waals surface area contributed by atoms with Crippen molar-refractivity contribution in [2.75, 3.05) is 13.7 Å². The molecule has 0 aliphatic rings. The topological polar surface area (TPSA) is 64.8 Å². The lowest BCUT2D eigenvalue weighted by Crippen LogP contribution is -2.23. The van der Waals surface area contributed by atoms with Gasteiger partial charge < -0.3 is 9.30 Å². The number of hydrogen-bond acceptors (Lipinski definition) is 4. The van der Waals surface area contributed by atoms with E-state index in [1.54, 1.807) is 28.5 Å². The molecule has 2 aromatic heterocycles. The van der Waals surface area contributed by atoms with E-state index in [4.69, 9.17) is 17.0 Å². The van der Waals surface area contributed by atoms with Crippen molar-refractivity contribution in [3.8, 4) is 11.4 Å². The van der Waals surface area contributed by atoms with Gasteiger partial charge in [-0.25, -0.2) is 0 Å². The molecule has 0 saturated heterocycles. The molecule has 2 rings (SSSR count). The van der Waals surface area contributed by atoms with E-state index in [2.05, 4.69) is 10.2 Å². The summed E-state index contributed by atoms with van der Waals surface area (Å²) in [5.41, 5.74) is 0.458. The Labute approximate surface area is 122 Å². The summed E-state index contributed by atoms with van der Waals surface area (Å²) < 4.78 is 9.00. The summed E-state index contributed by atoms with van der Waals surface area (Å²) in [5, 5.41) is 6.91. The van der Waals surface area contributed by atoms with Gasteiger partial charge in [0.2, 0.25) is 0 Å². The predicted molar refractivity (Wildman–Crippen MR) is 79.4 cm³/mol. The third kappa shape index (κ3) is 2.73. The van der Waals surface area contributed by atoms with E-state index in [-0.39, 0.29) is 11.6 Å². The Bertz CT molecular complexity index is 699. The van der Waals surface area contributed by atoms with E-state index in [0.717, 1.165) is 0 Å². The number of methoxy groups -OCH3 is 1. The monoisotopic (exact) mass is 294 g/mol. The highest BCUT2D eigenvalue weighted by Gasteiger charge is 2.14. The molecule has 0 fully saturated rings. The molecule has 0 spiro atoms. The summed E-state index contributed by atoms with van der Waals surface area (Å²) in [7, 11) is 1.62. The second-order valence-corrected chi connectivity index (χ2v) is 5.11. The summed E-state index contributed by atoms with van der Waals surface area (Å²) in [6.45, 7) is 4.99. The number of nitrogens with one attached hydrogen (secondary N) is 1. The van der Waals surface area contributed by atoms with Crippen LogP contribution in [0.5, 0.6) is 0 Å². The predicted octanol–water partition coefficient (Wildman–Crippen LogP) is 2.00. The molecule has 0 saturated carbocycles. The molecule has 7 heteroatoms. The minimum Gasteiger partial charge on any atom is -0.383 e. The van der Waals surface area contributed by atoms with Gasteiger partial charge in [-0.3, -0.25) is 14.5 Å². The highest BCUT2D eigenvalue weighted by atomic mass is 32.1. The van der Waals surface area contributed by atoms with Gasteiger partial charge in [0, 0.05) is 19.3 Å². The molecule has 0 radical (unpaired) electrons. The van der Waals surface area contributed by atoms with Gasteiger partial charge in [0.1, 0.15) is 0 Å². The van der Waals surface area contributed by atoms with Crippen molar-refractivity contribution in [1.82, 2.24) is 19.3 Å². The number of ether oxygens (including phenoxy) is 1. The van der Waals surface area contributed by atoms with E-state index in [9.17, 15) is 4.79 Å². The van der Waals surface area contributed by atoms with Crippen molar-refractivity contribution in [2.24, 2.45) is 0 Å². The molecule has 0 amide bonds. The number of H-pyrrole nitrogens is 1. The van der Waals surface area contributed by atoms with E-state index < -0.39 is 0 Å². The molecule has 0 aliphatic heterocycles. The summed E-state index contributed by atoms with van der Waals surface area (Å²) in [6, 6.07) is 3.70. The second-order valence-electron chi connectivity index (χ2n) is 4.72. The molecule has 108 valence electrons.